The van der Waals surface area contributed by atoms with Crippen molar-refractivity contribution in [3.05, 3.63) is 57.6 Å². The van der Waals surface area contributed by atoms with Crippen LogP contribution in [0.4, 0.5) is 5.69 Å². The van der Waals surface area contributed by atoms with E-state index in [0.29, 0.717) is 29.4 Å². The fraction of sp³-hybridized carbons (Fsp3) is 0.364. The Labute approximate surface area is 198 Å². The van der Waals surface area contributed by atoms with Gasteiger partial charge in [-0.1, -0.05) is 42.1 Å². The molecule has 3 rings (SSSR count). The Balaban J connectivity index is 1.67. The number of anilines is 1. The average molecular weight is 498 g/mol. The molecule has 1 aliphatic rings. The molecule has 0 unspecified atom stereocenters. The maximum atomic E-state index is 13.2. The quantitative estimate of drug-likeness (QED) is 0.623. The maximum absolute atomic E-state index is 13.2. The van der Waals surface area contributed by atoms with E-state index in [4.69, 9.17) is 23.2 Å². The van der Waals surface area contributed by atoms with Gasteiger partial charge in [0.2, 0.25) is 15.9 Å². The topological polar surface area (TPSA) is 95.6 Å². The van der Waals surface area contributed by atoms with Crippen molar-refractivity contribution >= 4 is 50.7 Å². The molecule has 7 nitrogen and oxygen atoms in total. The largest absolute Gasteiger partial charge is 0.343 e. The summed E-state index contributed by atoms with van der Waals surface area (Å²) in [6.07, 6.45) is 3.72. The van der Waals surface area contributed by atoms with Gasteiger partial charge >= 0.3 is 0 Å². The Kier molecular flexibility index (Phi) is 8.16. The van der Waals surface area contributed by atoms with Crippen molar-refractivity contribution in [2.45, 2.75) is 37.5 Å². The molecular weight excluding hydrogens is 473 g/mol. The van der Waals surface area contributed by atoms with E-state index in [1.165, 1.54) is 28.6 Å². The van der Waals surface area contributed by atoms with Gasteiger partial charge in [-0.25, -0.2) is 8.42 Å². The maximum Gasteiger partial charge on any atom is 0.253 e. The summed E-state index contributed by atoms with van der Waals surface area (Å²) < 4.78 is 27.8. The van der Waals surface area contributed by atoms with Crippen LogP contribution in [0, 0.1) is 6.92 Å². The molecule has 2 aromatic carbocycles. The van der Waals surface area contributed by atoms with Gasteiger partial charge in [-0.05, 0) is 55.7 Å². The summed E-state index contributed by atoms with van der Waals surface area (Å²) in [7, 11) is -3.66. The summed E-state index contributed by atoms with van der Waals surface area (Å²) in [6.45, 7) is 2.42. The molecule has 1 fully saturated rings. The molecule has 1 aliphatic heterocycles. The molecule has 172 valence electrons. The minimum atomic E-state index is -3.66. The number of carbonyl (C=O) groups is 2. The Bertz CT molecular complexity index is 1110. The third kappa shape index (κ3) is 6.01. The fourth-order valence-corrected chi connectivity index (χ4v) is 5.77. The van der Waals surface area contributed by atoms with E-state index in [9.17, 15) is 18.0 Å². The number of rotatable bonds is 6. The number of nitrogens with zero attached hydrogens (tertiary/aromatic N) is 1. The minimum absolute atomic E-state index is 0.175. The first-order valence-corrected chi connectivity index (χ1v) is 12.5. The van der Waals surface area contributed by atoms with Crippen LogP contribution in [0.15, 0.2) is 41.3 Å². The Morgan fingerprint density at radius 2 is 1.69 bits per heavy atom. The van der Waals surface area contributed by atoms with Crippen LogP contribution in [0.5, 0.6) is 0 Å². The molecule has 0 atom stereocenters. The van der Waals surface area contributed by atoms with Gasteiger partial charge in [0, 0.05) is 23.8 Å². The first kappa shape index (κ1) is 24.5. The predicted molar refractivity (Wildman–Crippen MR) is 126 cm³/mol. The van der Waals surface area contributed by atoms with Crippen molar-refractivity contribution in [1.29, 1.82) is 0 Å². The Hall–Kier alpha value is -2.13. The molecule has 0 aromatic heterocycles. The molecule has 0 radical (unpaired) electrons. The van der Waals surface area contributed by atoms with Crippen molar-refractivity contribution in [3.8, 4) is 0 Å². The molecule has 1 saturated heterocycles. The monoisotopic (exact) mass is 497 g/mol. The molecule has 0 aliphatic carbocycles. The summed E-state index contributed by atoms with van der Waals surface area (Å²) >= 11 is 11.8. The minimum Gasteiger partial charge on any atom is -0.343 e. The normalized spacial score (nSPS) is 15.1. The summed E-state index contributed by atoms with van der Waals surface area (Å²) in [4.78, 5) is 24.8. The summed E-state index contributed by atoms with van der Waals surface area (Å²) in [6, 6.07) is 9.19. The van der Waals surface area contributed by atoms with Gasteiger partial charge in [0.15, 0.2) is 0 Å². The molecule has 32 heavy (non-hydrogen) atoms. The van der Waals surface area contributed by atoms with Crippen LogP contribution in [-0.2, 0) is 14.8 Å². The number of hydrogen-bond acceptors (Lipinski definition) is 4. The van der Waals surface area contributed by atoms with E-state index < -0.39 is 21.8 Å². The predicted octanol–water partition coefficient (Wildman–Crippen LogP) is 4.24. The number of hydrogen-bond donors (Lipinski definition) is 2. The van der Waals surface area contributed by atoms with E-state index in [1.807, 2.05) is 0 Å². The highest BCUT2D eigenvalue weighted by Gasteiger charge is 2.27. The zero-order chi connectivity index (χ0) is 23.3. The van der Waals surface area contributed by atoms with Crippen molar-refractivity contribution < 1.29 is 18.0 Å². The first-order chi connectivity index (χ1) is 15.2. The fourth-order valence-electron chi connectivity index (χ4n) is 3.51. The van der Waals surface area contributed by atoms with Crippen molar-refractivity contribution in [3.63, 3.8) is 0 Å². The van der Waals surface area contributed by atoms with Gasteiger partial charge in [0.1, 0.15) is 0 Å². The van der Waals surface area contributed by atoms with Crippen LogP contribution in [0.3, 0.4) is 0 Å². The highest BCUT2D eigenvalue weighted by molar-refractivity contribution is 7.89. The molecule has 2 amide bonds. The van der Waals surface area contributed by atoms with Gasteiger partial charge in [-0.2, -0.15) is 4.31 Å². The average Bonchev–Trinajstić information content (AvgIpc) is 3.03. The Morgan fingerprint density at radius 1 is 1.00 bits per heavy atom. The van der Waals surface area contributed by atoms with Crippen LogP contribution < -0.4 is 10.6 Å². The second-order valence-corrected chi connectivity index (χ2v) is 10.4. The zero-order valence-corrected chi connectivity index (χ0v) is 20.0. The van der Waals surface area contributed by atoms with Crippen LogP contribution >= 0.6 is 23.2 Å². The molecule has 2 N–H and O–H groups in total. The smallest absolute Gasteiger partial charge is 0.253 e. The first-order valence-electron chi connectivity index (χ1n) is 10.3. The lowest BCUT2D eigenvalue weighted by Crippen LogP contribution is -2.33. The highest BCUT2D eigenvalue weighted by atomic mass is 35.5. The van der Waals surface area contributed by atoms with E-state index in [1.54, 1.807) is 19.1 Å². The summed E-state index contributed by atoms with van der Waals surface area (Å²) in [5.74, 6) is -1.01. The lowest BCUT2D eigenvalue weighted by atomic mass is 10.2. The SMILES string of the molecule is Cc1ccc(NC(=O)CNC(=O)c2ccc(Cl)cc2Cl)cc1S(=O)(=O)N1CCCCCC1. The summed E-state index contributed by atoms with van der Waals surface area (Å²) in [5, 5.41) is 5.70. The van der Waals surface area contributed by atoms with E-state index >= 15 is 0 Å². The van der Waals surface area contributed by atoms with Crippen LogP contribution in [0.2, 0.25) is 10.0 Å². The number of amides is 2. The number of carbonyl (C=O) groups excluding carboxylic acids is 2. The third-order valence-corrected chi connectivity index (χ3v) is 7.83. The van der Waals surface area contributed by atoms with Gasteiger partial charge in [-0.3, -0.25) is 9.59 Å². The number of aryl methyl sites for hydroxylation is 1. The van der Waals surface area contributed by atoms with Gasteiger partial charge < -0.3 is 10.6 Å². The number of benzene rings is 2. The number of nitrogens with one attached hydrogen (secondary N) is 2. The summed E-state index contributed by atoms with van der Waals surface area (Å²) in [5.41, 5.74) is 1.15. The standard InChI is InChI=1S/C22H25Cl2N3O4S/c1-15-6-8-17(13-20(15)32(30,31)27-10-4-2-3-5-11-27)26-21(28)14-25-22(29)18-9-7-16(23)12-19(18)24/h6-9,12-13H,2-5,10-11,14H2,1H3,(H,25,29)(H,26,28). The van der Waals surface area contributed by atoms with Crippen molar-refractivity contribution in [2.24, 2.45) is 0 Å². The Morgan fingerprint density at radius 3 is 2.34 bits per heavy atom. The zero-order valence-electron chi connectivity index (χ0n) is 17.7. The number of sulfonamides is 1. The molecule has 1 heterocycles. The van der Waals surface area contributed by atoms with Gasteiger partial charge in [0.25, 0.3) is 5.91 Å². The van der Waals surface area contributed by atoms with Crippen LogP contribution in [0.1, 0.15) is 41.6 Å². The lowest BCUT2D eigenvalue weighted by Gasteiger charge is -2.21. The number of halogens is 2. The van der Waals surface area contributed by atoms with Gasteiger partial charge in [-0.15, -0.1) is 0 Å². The third-order valence-electron chi connectivity index (χ3n) is 5.24. The lowest BCUT2D eigenvalue weighted by molar-refractivity contribution is -0.115. The molecule has 0 bridgehead atoms. The molecule has 2 aromatic rings. The van der Waals surface area contributed by atoms with Gasteiger partial charge in [0.05, 0.1) is 22.0 Å². The second kappa shape index (κ2) is 10.7. The molecule has 0 saturated carbocycles. The van der Waals surface area contributed by atoms with Crippen molar-refractivity contribution in [1.82, 2.24) is 9.62 Å². The van der Waals surface area contributed by atoms with Crippen molar-refractivity contribution in [2.75, 3.05) is 25.0 Å². The van der Waals surface area contributed by atoms with E-state index in [-0.39, 0.29) is 22.0 Å². The van der Waals surface area contributed by atoms with Crippen LogP contribution in [-0.4, -0.2) is 44.2 Å². The van der Waals surface area contributed by atoms with E-state index in [2.05, 4.69) is 10.6 Å². The highest BCUT2D eigenvalue weighted by Crippen LogP contribution is 2.26. The molecule has 10 heteroatoms. The van der Waals surface area contributed by atoms with E-state index in [0.717, 1.165) is 25.7 Å². The van der Waals surface area contributed by atoms with Crippen LogP contribution in [0.25, 0.3) is 0 Å². The molecule has 0 spiro atoms. The second-order valence-electron chi connectivity index (χ2n) is 7.65. The molecular formula is C22H25Cl2N3O4S.